The minimum atomic E-state index is -0.656. The smallest absolute Gasteiger partial charge is 0.360 e. The molecule has 0 unspecified atom stereocenters. The highest BCUT2D eigenvalue weighted by Gasteiger charge is 2.16. The second-order valence-corrected chi connectivity index (χ2v) is 3.57. The van der Waals surface area contributed by atoms with Crippen LogP contribution in [-0.2, 0) is 4.74 Å². The quantitative estimate of drug-likeness (QED) is 0.843. The lowest BCUT2D eigenvalue weighted by Gasteiger charge is -2.07. The van der Waals surface area contributed by atoms with E-state index in [1.165, 1.54) is 19.5 Å². The maximum Gasteiger partial charge on any atom is 0.360 e. The van der Waals surface area contributed by atoms with Gasteiger partial charge < -0.3 is 10.1 Å². The molecule has 0 fully saturated rings. The molecule has 0 aliphatic rings. The molecule has 0 aliphatic heterocycles. The summed E-state index contributed by atoms with van der Waals surface area (Å²) in [5, 5.41) is 2.53. The van der Waals surface area contributed by atoms with E-state index in [1.807, 2.05) is 0 Å². The third kappa shape index (κ3) is 2.92. The first-order valence-electron chi connectivity index (χ1n) is 5.48. The van der Waals surface area contributed by atoms with E-state index in [2.05, 4.69) is 20.0 Å². The van der Waals surface area contributed by atoms with Crippen molar-refractivity contribution >= 4 is 17.7 Å². The maximum absolute atomic E-state index is 11.9. The summed E-state index contributed by atoms with van der Waals surface area (Å²) in [6, 6.07) is 8.60. The second kappa shape index (κ2) is 5.72. The summed E-state index contributed by atoms with van der Waals surface area (Å²) in [7, 11) is 1.24. The standard InChI is InChI=1S/C13H11N3O3/c1-19-13(18)10-11(15-8-7-14-10)16-12(17)9-5-3-2-4-6-9/h2-8H,1H3,(H,15,16,17). The molecule has 0 bridgehead atoms. The van der Waals surface area contributed by atoms with Crippen LogP contribution < -0.4 is 5.32 Å². The Balaban J connectivity index is 2.25. The highest BCUT2D eigenvalue weighted by atomic mass is 16.5. The SMILES string of the molecule is COC(=O)c1nccnc1NC(=O)c1ccccc1. The topological polar surface area (TPSA) is 81.2 Å². The van der Waals surface area contributed by atoms with Gasteiger partial charge in [0.05, 0.1) is 7.11 Å². The number of amides is 1. The number of nitrogens with one attached hydrogen (secondary N) is 1. The predicted molar refractivity (Wildman–Crippen MR) is 67.8 cm³/mol. The monoisotopic (exact) mass is 257 g/mol. The van der Waals surface area contributed by atoms with Crippen molar-refractivity contribution in [2.75, 3.05) is 12.4 Å². The van der Waals surface area contributed by atoms with Crippen LogP contribution in [0.3, 0.4) is 0 Å². The molecular formula is C13H11N3O3. The molecule has 0 atom stereocenters. The van der Waals surface area contributed by atoms with Gasteiger partial charge in [-0.05, 0) is 12.1 Å². The molecule has 6 heteroatoms. The van der Waals surface area contributed by atoms with E-state index in [9.17, 15) is 9.59 Å². The summed E-state index contributed by atoms with van der Waals surface area (Å²) in [5.41, 5.74) is 0.429. The zero-order valence-electron chi connectivity index (χ0n) is 10.2. The fraction of sp³-hybridized carbons (Fsp3) is 0.0769. The van der Waals surface area contributed by atoms with Crippen LogP contribution in [0.25, 0.3) is 0 Å². The number of aromatic nitrogens is 2. The molecule has 1 N–H and O–H groups in total. The molecule has 19 heavy (non-hydrogen) atoms. The summed E-state index contributed by atoms with van der Waals surface area (Å²) >= 11 is 0. The Morgan fingerprint density at radius 3 is 2.47 bits per heavy atom. The van der Waals surface area contributed by atoms with Gasteiger partial charge in [0, 0.05) is 18.0 Å². The van der Waals surface area contributed by atoms with Gasteiger partial charge in [0.25, 0.3) is 5.91 Å². The van der Waals surface area contributed by atoms with E-state index >= 15 is 0 Å². The number of carbonyl (C=O) groups excluding carboxylic acids is 2. The first kappa shape index (κ1) is 12.7. The number of nitrogens with zero attached hydrogens (tertiary/aromatic N) is 2. The van der Waals surface area contributed by atoms with Gasteiger partial charge in [0.15, 0.2) is 11.5 Å². The van der Waals surface area contributed by atoms with Crippen molar-refractivity contribution in [2.24, 2.45) is 0 Å². The highest BCUT2D eigenvalue weighted by Crippen LogP contribution is 2.11. The van der Waals surface area contributed by atoms with Crippen LogP contribution in [-0.4, -0.2) is 29.0 Å². The highest BCUT2D eigenvalue weighted by molar-refractivity contribution is 6.06. The average Bonchev–Trinajstić information content (AvgIpc) is 2.48. The molecule has 0 aliphatic carbocycles. The Morgan fingerprint density at radius 1 is 1.11 bits per heavy atom. The fourth-order valence-electron chi connectivity index (χ4n) is 1.44. The summed E-state index contributed by atoms with van der Waals surface area (Å²) in [6.07, 6.45) is 2.73. The number of rotatable bonds is 3. The number of anilines is 1. The lowest BCUT2D eigenvalue weighted by atomic mass is 10.2. The minimum absolute atomic E-state index is 0.0331. The van der Waals surface area contributed by atoms with Crippen molar-refractivity contribution in [1.82, 2.24) is 9.97 Å². The van der Waals surface area contributed by atoms with Crippen LogP contribution in [0.15, 0.2) is 42.7 Å². The first-order valence-corrected chi connectivity index (χ1v) is 5.48. The van der Waals surface area contributed by atoms with Gasteiger partial charge in [-0.1, -0.05) is 18.2 Å². The van der Waals surface area contributed by atoms with E-state index in [-0.39, 0.29) is 17.4 Å². The van der Waals surface area contributed by atoms with Gasteiger partial charge in [-0.3, -0.25) is 4.79 Å². The summed E-state index contributed by atoms with van der Waals surface area (Å²) in [6.45, 7) is 0. The lowest BCUT2D eigenvalue weighted by Crippen LogP contribution is -2.17. The summed E-state index contributed by atoms with van der Waals surface area (Å²) in [5.74, 6) is -0.953. The van der Waals surface area contributed by atoms with Crippen molar-refractivity contribution in [1.29, 1.82) is 0 Å². The third-order valence-corrected chi connectivity index (χ3v) is 2.34. The first-order chi connectivity index (χ1) is 9.22. The largest absolute Gasteiger partial charge is 0.464 e. The maximum atomic E-state index is 11.9. The predicted octanol–water partition coefficient (Wildman–Crippen LogP) is 1.52. The van der Waals surface area contributed by atoms with Crippen LogP contribution in [0.5, 0.6) is 0 Å². The zero-order chi connectivity index (χ0) is 13.7. The van der Waals surface area contributed by atoms with Gasteiger partial charge in [-0.25, -0.2) is 14.8 Å². The Hall–Kier alpha value is -2.76. The van der Waals surface area contributed by atoms with Crippen LogP contribution in [0.1, 0.15) is 20.8 Å². The molecule has 96 valence electrons. The van der Waals surface area contributed by atoms with Crippen molar-refractivity contribution in [3.63, 3.8) is 0 Å². The molecule has 0 saturated carbocycles. The molecule has 1 amide bonds. The second-order valence-electron chi connectivity index (χ2n) is 3.57. The molecule has 1 heterocycles. The van der Waals surface area contributed by atoms with Crippen molar-refractivity contribution in [3.05, 3.63) is 54.0 Å². The van der Waals surface area contributed by atoms with E-state index < -0.39 is 5.97 Å². The van der Waals surface area contributed by atoms with Gasteiger partial charge >= 0.3 is 5.97 Å². The number of benzene rings is 1. The van der Waals surface area contributed by atoms with E-state index in [0.29, 0.717) is 5.56 Å². The average molecular weight is 257 g/mol. The number of hydrogen-bond acceptors (Lipinski definition) is 5. The molecule has 0 radical (unpaired) electrons. The Bertz CT molecular complexity index is 599. The summed E-state index contributed by atoms with van der Waals surface area (Å²) < 4.78 is 4.57. The number of methoxy groups -OCH3 is 1. The van der Waals surface area contributed by atoms with Crippen molar-refractivity contribution in [2.45, 2.75) is 0 Å². The van der Waals surface area contributed by atoms with E-state index in [0.717, 1.165) is 0 Å². The molecular weight excluding hydrogens is 246 g/mol. The summed E-state index contributed by atoms with van der Waals surface area (Å²) in [4.78, 5) is 31.2. The molecule has 0 saturated heterocycles. The molecule has 1 aromatic heterocycles. The van der Waals surface area contributed by atoms with Gasteiger partial charge in [-0.2, -0.15) is 0 Å². The van der Waals surface area contributed by atoms with Gasteiger partial charge in [0.2, 0.25) is 0 Å². The van der Waals surface area contributed by atoms with Crippen molar-refractivity contribution < 1.29 is 14.3 Å². The fourth-order valence-corrected chi connectivity index (χ4v) is 1.44. The number of hydrogen-bond donors (Lipinski definition) is 1. The van der Waals surface area contributed by atoms with Crippen molar-refractivity contribution in [3.8, 4) is 0 Å². The molecule has 6 nitrogen and oxygen atoms in total. The Morgan fingerprint density at radius 2 is 1.79 bits per heavy atom. The van der Waals surface area contributed by atoms with Gasteiger partial charge in [0.1, 0.15) is 0 Å². The molecule has 2 rings (SSSR count). The molecule has 1 aromatic carbocycles. The Labute approximate surface area is 109 Å². The minimum Gasteiger partial charge on any atom is -0.464 e. The molecule has 2 aromatic rings. The molecule has 0 spiro atoms. The number of esters is 1. The van der Waals surface area contributed by atoms with Crippen LogP contribution in [0, 0.1) is 0 Å². The zero-order valence-corrected chi connectivity index (χ0v) is 10.2. The van der Waals surface area contributed by atoms with E-state index in [4.69, 9.17) is 0 Å². The normalized spacial score (nSPS) is 9.74. The van der Waals surface area contributed by atoms with Gasteiger partial charge in [-0.15, -0.1) is 0 Å². The third-order valence-electron chi connectivity index (χ3n) is 2.34. The number of ether oxygens (including phenoxy) is 1. The van der Waals surface area contributed by atoms with Crippen LogP contribution in [0.2, 0.25) is 0 Å². The van der Waals surface area contributed by atoms with Crippen LogP contribution in [0.4, 0.5) is 5.82 Å². The number of carbonyl (C=O) groups is 2. The Kier molecular flexibility index (Phi) is 3.82. The lowest BCUT2D eigenvalue weighted by molar-refractivity contribution is 0.0595. The van der Waals surface area contributed by atoms with E-state index in [1.54, 1.807) is 30.3 Å². The van der Waals surface area contributed by atoms with Crippen LogP contribution >= 0.6 is 0 Å².